The molecule has 3 aliphatic rings. The SMILES string of the molecule is OC[C@H]1O[C@H](c2ccc(Cl)c(Cc3ccc(C4CCC5(CCC5)CC4)cc3)c2)C[C@@H](O)[C@@H]1O. The first-order valence-corrected chi connectivity index (χ1v) is 12.8. The molecule has 3 N–H and O–H groups in total. The van der Waals surface area contributed by atoms with Gasteiger partial charge in [-0.2, -0.15) is 0 Å². The smallest absolute Gasteiger partial charge is 0.110 e. The minimum absolute atomic E-state index is 0.288. The normalized spacial score (nSPS) is 29.7. The summed E-state index contributed by atoms with van der Waals surface area (Å²) >= 11 is 6.52. The van der Waals surface area contributed by atoms with Crippen LogP contribution in [0.15, 0.2) is 42.5 Å². The standard InChI is InChI=1S/C28H35ClO4/c29-23-7-6-21(25-16-24(31)27(32)26(17-30)33-25)15-22(23)14-18-2-4-19(5-3-18)20-8-12-28(13-9-20)10-1-11-28/h2-7,15,20,24-27,30-32H,1,8-14,16-17H2/t24-,25+,26-,27+/m1/s1. The fourth-order valence-corrected chi connectivity index (χ4v) is 6.30. The Morgan fingerprint density at radius 2 is 1.64 bits per heavy atom. The maximum absolute atomic E-state index is 10.2. The Kier molecular flexibility index (Phi) is 6.83. The molecule has 1 saturated heterocycles. The van der Waals surface area contributed by atoms with Crippen LogP contribution in [0.2, 0.25) is 5.02 Å². The van der Waals surface area contributed by atoms with Gasteiger partial charge in [0.2, 0.25) is 0 Å². The molecule has 3 fully saturated rings. The van der Waals surface area contributed by atoms with Gasteiger partial charge < -0.3 is 20.1 Å². The van der Waals surface area contributed by atoms with E-state index in [-0.39, 0.29) is 19.1 Å². The van der Waals surface area contributed by atoms with Crippen LogP contribution in [0.5, 0.6) is 0 Å². The van der Waals surface area contributed by atoms with Crippen molar-refractivity contribution in [1.29, 1.82) is 0 Å². The summed E-state index contributed by atoms with van der Waals surface area (Å²) in [6, 6.07) is 14.8. The highest BCUT2D eigenvalue weighted by molar-refractivity contribution is 6.31. The van der Waals surface area contributed by atoms with Crippen LogP contribution < -0.4 is 0 Å². The highest BCUT2D eigenvalue weighted by atomic mass is 35.5. The molecule has 1 heterocycles. The van der Waals surface area contributed by atoms with E-state index in [1.54, 1.807) is 0 Å². The summed E-state index contributed by atoms with van der Waals surface area (Å²) in [5.41, 5.74) is 5.30. The summed E-state index contributed by atoms with van der Waals surface area (Å²) in [5.74, 6) is 0.696. The number of ether oxygens (including phenoxy) is 1. The van der Waals surface area contributed by atoms with Crippen LogP contribution >= 0.6 is 11.6 Å². The Bertz CT molecular complexity index is 945. The Balaban J connectivity index is 1.25. The van der Waals surface area contributed by atoms with Crippen LogP contribution in [-0.2, 0) is 11.2 Å². The van der Waals surface area contributed by atoms with E-state index in [1.807, 2.05) is 18.2 Å². The molecular formula is C28H35ClO4. The van der Waals surface area contributed by atoms with Gasteiger partial charge in [-0.25, -0.2) is 0 Å². The van der Waals surface area contributed by atoms with Crippen LogP contribution in [0.4, 0.5) is 0 Å². The van der Waals surface area contributed by atoms with Crippen molar-refractivity contribution in [3.05, 3.63) is 69.7 Å². The first-order valence-electron chi connectivity index (χ1n) is 12.5. The van der Waals surface area contributed by atoms with Gasteiger partial charge in [-0.05, 0) is 84.6 Å². The highest BCUT2D eigenvalue weighted by Gasteiger charge is 2.40. The van der Waals surface area contributed by atoms with E-state index < -0.39 is 18.3 Å². The minimum atomic E-state index is -1.07. The second-order valence-corrected chi connectivity index (χ2v) is 10.9. The average Bonchev–Trinajstić information content (AvgIpc) is 2.82. The lowest BCUT2D eigenvalue weighted by Crippen LogP contribution is -2.47. The van der Waals surface area contributed by atoms with Gasteiger partial charge in [-0.3, -0.25) is 0 Å². The van der Waals surface area contributed by atoms with Gasteiger partial charge in [0.25, 0.3) is 0 Å². The largest absolute Gasteiger partial charge is 0.394 e. The van der Waals surface area contributed by atoms with E-state index in [9.17, 15) is 15.3 Å². The summed E-state index contributed by atoms with van der Waals surface area (Å²) in [5, 5.41) is 30.4. The third kappa shape index (κ3) is 4.87. The van der Waals surface area contributed by atoms with E-state index in [2.05, 4.69) is 24.3 Å². The molecule has 5 heteroatoms. The predicted octanol–water partition coefficient (Wildman–Crippen LogP) is 5.30. The molecule has 4 nitrogen and oxygen atoms in total. The molecular weight excluding hydrogens is 436 g/mol. The first kappa shape index (κ1) is 23.3. The molecule has 4 atom stereocenters. The van der Waals surface area contributed by atoms with Crippen LogP contribution in [0, 0.1) is 5.41 Å². The molecule has 0 amide bonds. The average molecular weight is 471 g/mol. The monoisotopic (exact) mass is 470 g/mol. The summed E-state index contributed by atoms with van der Waals surface area (Å²) in [7, 11) is 0. The molecule has 2 aromatic rings. The molecule has 5 rings (SSSR count). The number of hydrogen-bond donors (Lipinski definition) is 3. The van der Waals surface area contributed by atoms with Crippen molar-refractivity contribution in [3.63, 3.8) is 0 Å². The molecule has 0 aromatic heterocycles. The number of aliphatic hydroxyl groups excluding tert-OH is 3. The van der Waals surface area contributed by atoms with Crippen molar-refractivity contribution < 1.29 is 20.1 Å². The van der Waals surface area contributed by atoms with Gasteiger partial charge in [0.05, 0.1) is 18.8 Å². The summed E-state index contributed by atoms with van der Waals surface area (Å²) in [6.07, 6.45) is 7.61. The predicted molar refractivity (Wildman–Crippen MR) is 130 cm³/mol. The molecule has 2 saturated carbocycles. The van der Waals surface area contributed by atoms with Crippen LogP contribution in [-0.4, -0.2) is 40.2 Å². The van der Waals surface area contributed by atoms with Crippen molar-refractivity contribution in [2.45, 2.75) is 88.1 Å². The Labute approximate surface area is 201 Å². The molecule has 0 bridgehead atoms. The quantitative estimate of drug-likeness (QED) is 0.554. The van der Waals surface area contributed by atoms with Crippen molar-refractivity contribution in [1.82, 2.24) is 0 Å². The second-order valence-electron chi connectivity index (χ2n) is 10.5. The fraction of sp³-hybridized carbons (Fsp3) is 0.571. The fourth-order valence-electron chi connectivity index (χ4n) is 6.12. The molecule has 1 spiro atoms. The Morgan fingerprint density at radius 1 is 0.939 bits per heavy atom. The zero-order chi connectivity index (χ0) is 23.0. The van der Waals surface area contributed by atoms with Gasteiger partial charge >= 0.3 is 0 Å². The third-order valence-electron chi connectivity index (χ3n) is 8.50. The maximum Gasteiger partial charge on any atom is 0.110 e. The number of rotatable bonds is 5. The van der Waals surface area contributed by atoms with E-state index in [0.29, 0.717) is 16.4 Å². The van der Waals surface area contributed by atoms with Crippen molar-refractivity contribution in [2.24, 2.45) is 5.41 Å². The lowest BCUT2D eigenvalue weighted by Gasteiger charge is -2.47. The van der Waals surface area contributed by atoms with Gasteiger partial charge in [0.15, 0.2) is 0 Å². The second kappa shape index (κ2) is 9.67. The van der Waals surface area contributed by atoms with Crippen molar-refractivity contribution >= 4 is 11.6 Å². The molecule has 2 aliphatic carbocycles. The third-order valence-corrected chi connectivity index (χ3v) is 8.87. The van der Waals surface area contributed by atoms with E-state index >= 15 is 0 Å². The van der Waals surface area contributed by atoms with Gasteiger partial charge in [-0.15, -0.1) is 0 Å². The van der Waals surface area contributed by atoms with Gasteiger partial charge in [0, 0.05) is 11.4 Å². The zero-order valence-corrected chi connectivity index (χ0v) is 19.9. The lowest BCUT2D eigenvalue weighted by molar-refractivity contribution is -0.181. The van der Waals surface area contributed by atoms with Crippen LogP contribution in [0.3, 0.4) is 0 Å². The molecule has 1 aliphatic heterocycles. The highest BCUT2D eigenvalue weighted by Crippen LogP contribution is 2.54. The van der Waals surface area contributed by atoms with Gasteiger partial charge in [0.1, 0.15) is 12.2 Å². The molecule has 0 radical (unpaired) electrons. The number of aliphatic hydroxyl groups is 3. The summed E-state index contributed by atoms with van der Waals surface area (Å²) < 4.78 is 5.86. The Hall–Kier alpha value is -1.43. The zero-order valence-electron chi connectivity index (χ0n) is 19.1. The molecule has 33 heavy (non-hydrogen) atoms. The van der Waals surface area contributed by atoms with E-state index in [4.69, 9.17) is 16.3 Å². The molecule has 178 valence electrons. The van der Waals surface area contributed by atoms with Crippen LogP contribution in [0.1, 0.15) is 85.6 Å². The topological polar surface area (TPSA) is 69.9 Å². The number of hydrogen-bond acceptors (Lipinski definition) is 4. The maximum atomic E-state index is 10.2. The molecule has 2 aromatic carbocycles. The van der Waals surface area contributed by atoms with Crippen molar-refractivity contribution in [2.75, 3.05) is 6.61 Å². The van der Waals surface area contributed by atoms with Crippen LogP contribution in [0.25, 0.3) is 0 Å². The summed E-state index contributed by atoms with van der Waals surface area (Å²) in [6.45, 7) is -0.330. The Morgan fingerprint density at radius 3 is 2.27 bits per heavy atom. The molecule has 0 unspecified atom stereocenters. The van der Waals surface area contributed by atoms with E-state index in [0.717, 1.165) is 17.5 Å². The number of halogens is 1. The lowest BCUT2D eigenvalue weighted by atomic mass is 9.58. The van der Waals surface area contributed by atoms with Gasteiger partial charge in [-0.1, -0.05) is 54.4 Å². The van der Waals surface area contributed by atoms with Crippen molar-refractivity contribution in [3.8, 4) is 0 Å². The first-order chi connectivity index (χ1) is 16.0. The summed E-state index contributed by atoms with van der Waals surface area (Å²) in [4.78, 5) is 0. The van der Waals surface area contributed by atoms with E-state index in [1.165, 1.54) is 56.1 Å². The minimum Gasteiger partial charge on any atom is -0.394 e. The number of benzene rings is 2.